The number of rotatable bonds is 2. The van der Waals surface area contributed by atoms with Gasteiger partial charge in [-0.25, -0.2) is 4.98 Å². The van der Waals surface area contributed by atoms with Crippen LogP contribution in [-0.4, -0.2) is 17.4 Å². The second-order valence-electron chi connectivity index (χ2n) is 4.61. The predicted molar refractivity (Wildman–Crippen MR) is 63.7 cm³/mol. The Morgan fingerprint density at radius 1 is 1.47 bits per heavy atom. The van der Waals surface area contributed by atoms with E-state index in [1.165, 1.54) is 0 Å². The highest BCUT2D eigenvalue weighted by Gasteiger charge is 2.12. The van der Waals surface area contributed by atoms with Crippen molar-refractivity contribution in [2.24, 2.45) is 5.41 Å². The molecule has 0 fully saturated rings. The fourth-order valence-electron chi connectivity index (χ4n) is 0.958. The molecule has 0 radical (unpaired) electrons. The lowest BCUT2D eigenvalue weighted by Crippen LogP contribution is -2.32. The van der Waals surface area contributed by atoms with E-state index < -0.39 is 0 Å². The first kappa shape index (κ1) is 12.2. The summed E-state index contributed by atoms with van der Waals surface area (Å²) in [5.74, 6) is -0.0788. The molecule has 1 rings (SSSR count). The molecule has 0 unspecified atom stereocenters. The first-order chi connectivity index (χ1) is 6.88. The summed E-state index contributed by atoms with van der Waals surface area (Å²) in [6.45, 7) is 6.88. The standard InChI is InChI=1S/C11H15BrN2O/c1-11(2,3)7-14-10(15)8-4-5-9(12)13-6-8/h4-6H,7H2,1-3H3,(H,14,15). The van der Waals surface area contributed by atoms with Crippen LogP contribution in [0.4, 0.5) is 0 Å². The minimum atomic E-state index is -0.0788. The maximum Gasteiger partial charge on any atom is 0.252 e. The third kappa shape index (κ3) is 4.42. The number of nitrogens with one attached hydrogen (secondary N) is 1. The number of amides is 1. The van der Waals surface area contributed by atoms with E-state index in [0.717, 1.165) is 4.60 Å². The summed E-state index contributed by atoms with van der Waals surface area (Å²) >= 11 is 3.22. The van der Waals surface area contributed by atoms with E-state index >= 15 is 0 Å². The number of halogens is 1. The average molecular weight is 271 g/mol. The molecule has 15 heavy (non-hydrogen) atoms. The Morgan fingerprint density at radius 2 is 2.13 bits per heavy atom. The van der Waals surface area contributed by atoms with Crippen molar-refractivity contribution in [1.82, 2.24) is 10.3 Å². The van der Waals surface area contributed by atoms with Crippen LogP contribution in [0.3, 0.4) is 0 Å². The van der Waals surface area contributed by atoms with Crippen LogP contribution in [0.1, 0.15) is 31.1 Å². The molecule has 1 amide bonds. The van der Waals surface area contributed by atoms with E-state index in [4.69, 9.17) is 0 Å². The zero-order chi connectivity index (χ0) is 11.5. The Hall–Kier alpha value is -0.900. The lowest BCUT2D eigenvalue weighted by Gasteiger charge is -2.18. The van der Waals surface area contributed by atoms with Gasteiger partial charge in [-0.2, -0.15) is 0 Å². The number of carbonyl (C=O) groups excluding carboxylic acids is 1. The third-order valence-corrected chi connectivity index (χ3v) is 2.24. The van der Waals surface area contributed by atoms with Crippen LogP contribution < -0.4 is 5.32 Å². The number of carbonyl (C=O) groups is 1. The van der Waals surface area contributed by atoms with Gasteiger partial charge in [-0.3, -0.25) is 4.79 Å². The van der Waals surface area contributed by atoms with Crippen LogP contribution in [0.25, 0.3) is 0 Å². The highest BCUT2D eigenvalue weighted by atomic mass is 79.9. The monoisotopic (exact) mass is 270 g/mol. The minimum Gasteiger partial charge on any atom is -0.351 e. The lowest BCUT2D eigenvalue weighted by atomic mass is 9.97. The molecule has 0 saturated heterocycles. The van der Waals surface area contributed by atoms with Gasteiger partial charge in [-0.1, -0.05) is 20.8 Å². The number of nitrogens with zero attached hydrogens (tertiary/aromatic N) is 1. The SMILES string of the molecule is CC(C)(C)CNC(=O)c1ccc(Br)nc1. The van der Waals surface area contributed by atoms with Gasteiger partial charge < -0.3 is 5.32 Å². The molecule has 82 valence electrons. The quantitative estimate of drug-likeness (QED) is 0.840. The van der Waals surface area contributed by atoms with Gasteiger partial charge in [-0.05, 0) is 33.5 Å². The molecule has 1 aromatic heterocycles. The third-order valence-electron chi connectivity index (χ3n) is 1.77. The van der Waals surface area contributed by atoms with Gasteiger partial charge in [0.05, 0.1) is 5.56 Å². The Bertz CT molecular complexity index is 341. The summed E-state index contributed by atoms with van der Waals surface area (Å²) < 4.78 is 0.731. The van der Waals surface area contributed by atoms with Gasteiger partial charge in [0.25, 0.3) is 5.91 Å². The first-order valence-electron chi connectivity index (χ1n) is 4.78. The molecule has 0 aliphatic rings. The van der Waals surface area contributed by atoms with Crippen molar-refractivity contribution in [2.45, 2.75) is 20.8 Å². The molecule has 1 aromatic rings. The molecule has 0 aliphatic heterocycles. The molecule has 1 heterocycles. The topological polar surface area (TPSA) is 42.0 Å². The molecular formula is C11H15BrN2O. The van der Waals surface area contributed by atoms with Crippen molar-refractivity contribution in [3.8, 4) is 0 Å². The van der Waals surface area contributed by atoms with Crippen molar-refractivity contribution < 1.29 is 4.79 Å². The van der Waals surface area contributed by atoms with Gasteiger partial charge in [0.15, 0.2) is 0 Å². The molecule has 1 N–H and O–H groups in total. The van der Waals surface area contributed by atoms with Gasteiger partial charge in [0.2, 0.25) is 0 Å². The van der Waals surface area contributed by atoms with Crippen LogP contribution in [0.15, 0.2) is 22.9 Å². The minimum absolute atomic E-state index is 0.0788. The smallest absolute Gasteiger partial charge is 0.252 e. The second-order valence-corrected chi connectivity index (χ2v) is 5.43. The van der Waals surface area contributed by atoms with Crippen molar-refractivity contribution in [2.75, 3.05) is 6.54 Å². The second kappa shape index (κ2) is 4.75. The molecular weight excluding hydrogens is 256 g/mol. The molecule has 0 saturated carbocycles. The molecule has 0 atom stereocenters. The van der Waals surface area contributed by atoms with Crippen LogP contribution in [0.2, 0.25) is 0 Å². The van der Waals surface area contributed by atoms with Gasteiger partial charge in [0, 0.05) is 12.7 Å². The summed E-state index contributed by atoms with van der Waals surface area (Å²) in [4.78, 5) is 15.6. The Kier molecular flexibility index (Phi) is 3.85. The van der Waals surface area contributed by atoms with E-state index in [2.05, 4.69) is 47.0 Å². The largest absolute Gasteiger partial charge is 0.351 e. The summed E-state index contributed by atoms with van der Waals surface area (Å²) in [5, 5.41) is 2.86. The van der Waals surface area contributed by atoms with E-state index in [0.29, 0.717) is 12.1 Å². The molecule has 0 aromatic carbocycles. The Morgan fingerprint density at radius 3 is 2.60 bits per heavy atom. The van der Waals surface area contributed by atoms with E-state index in [9.17, 15) is 4.79 Å². The van der Waals surface area contributed by atoms with Gasteiger partial charge in [-0.15, -0.1) is 0 Å². The number of pyridine rings is 1. The first-order valence-corrected chi connectivity index (χ1v) is 5.57. The summed E-state index contributed by atoms with van der Waals surface area (Å²) in [7, 11) is 0. The fourth-order valence-corrected chi connectivity index (χ4v) is 1.19. The molecule has 3 nitrogen and oxygen atoms in total. The summed E-state index contributed by atoms with van der Waals surface area (Å²) in [6.07, 6.45) is 1.56. The Labute approximate surface area is 98.4 Å². The average Bonchev–Trinajstić information content (AvgIpc) is 2.14. The van der Waals surface area contributed by atoms with Crippen LogP contribution in [-0.2, 0) is 0 Å². The molecule has 0 aliphatic carbocycles. The maximum absolute atomic E-state index is 11.6. The zero-order valence-corrected chi connectivity index (χ0v) is 10.8. The predicted octanol–water partition coefficient (Wildman–Crippen LogP) is 2.62. The van der Waals surface area contributed by atoms with Crippen LogP contribution in [0.5, 0.6) is 0 Å². The number of hydrogen-bond acceptors (Lipinski definition) is 2. The van der Waals surface area contributed by atoms with Crippen LogP contribution in [0, 0.1) is 5.41 Å². The van der Waals surface area contributed by atoms with Crippen molar-refractivity contribution in [3.63, 3.8) is 0 Å². The highest BCUT2D eigenvalue weighted by molar-refractivity contribution is 9.10. The number of aromatic nitrogens is 1. The Balaban J connectivity index is 2.58. The molecule has 0 bridgehead atoms. The van der Waals surface area contributed by atoms with Crippen molar-refractivity contribution >= 4 is 21.8 Å². The molecule has 4 heteroatoms. The lowest BCUT2D eigenvalue weighted by molar-refractivity contribution is 0.0939. The fraction of sp³-hybridized carbons (Fsp3) is 0.455. The van der Waals surface area contributed by atoms with Crippen molar-refractivity contribution in [3.05, 3.63) is 28.5 Å². The van der Waals surface area contributed by atoms with E-state index in [1.54, 1.807) is 18.3 Å². The van der Waals surface area contributed by atoms with E-state index in [-0.39, 0.29) is 11.3 Å². The number of hydrogen-bond donors (Lipinski definition) is 1. The summed E-state index contributed by atoms with van der Waals surface area (Å²) in [5.41, 5.74) is 0.681. The van der Waals surface area contributed by atoms with Crippen LogP contribution >= 0.6 is 15.9 Å². The maximum atomic E-state index is 11.6. The molecule has 0 spiro atoms. The van der Waals surface area contributed by atoms with E-state index in [1.807, 2.05) is 0 Å². The summed E-state index contributed by atoms with van der Waals surface area (Å²) in [6, 6.07) is 3.50. The normalized spacial score (nSPS) is 11.2. The van der Waals surface area contributed by atoms with Gasteiger partial charge >= 0.3 is 0 Å². The highest BCUT2D eigenvalue weighted by Crippen LogP contribution is 2.11. The van der Waals surface area contributed by atoms with Crippen molar-refractivity contribution in [1.29, 1.82) is 0 Å². The zero-order valence-electron chi connectivity index (χ0n) is 9.17. The van der Waals surface area contributed by atoms with Gasteiger partial charge in [0.1, 0.15) is 4.60 Å².